The number of thiazole rings is 1. The zero-order chi connectivity index (χ0) is 24.4. The monoisotopic (exact) mass is 514 g/mol. The Morgan fingerprint density at radius 3 is 2.54 bits per heavy atom. The van der Waals surface area contributed by atoms with Gasteiger partial charge in [0.05, 0.1) is 17.0 Å². The number of nitrogens with one attached hydrogen (secondary N) is 1. The molecule has 1 amide bonds. The zero-order valence-corrected chi connectivity index (χ0v) is 20.9. The van der Waals surface area contributed by atoms with Crippen LogP contribution in [-0.4, -0.2) is 68.3 Å². The van der Waals surface area contributed by atoms with Crippen molar-refractivity contribution in [1.82, 2.24) is 14.8 Å². The van der Waals surface area contributed by atoms with Crippen LogP contribution in [0.1, 0.15) is 11.3 Å². The molecule has 35 heavy (non-hydrogen) atoms. The lowest BCUT2D eigenvalue weighted by atomic mass is 10.1. The number of rotatable bonds is 7. The number of amides is 1. The number of fused-ring (bicyclic) bond motifs is 1. The van der Waals surface area contributed by atoms with Gasteiger partial charge >= 0.3 is 0 Å². The molecular weight excluding hydrogens is 488 g/mol. The molecule has 2 aliphatic rings. The van der Waals surface area contributed by atoms with Crippen molar-refractivity contribution in [1.29, 1.82) is 0 Å². The second-order valence-corrected chi connectivity index (χ2v) is 11.5. The average Bonchev–Trinajstić information content (AvgIpc) is 3.48. The van der Waals surface area contributed by atoms with Crippen LogP contribution in [0.3, 0.4) is 0 Å². The molecule has 0 spiro atoms. The molecule has 1 N–H and O–H groups in total. The molecule has 184 valence electrons. The number of hydrogen-bond acceptors (Lipinski definition) is 9. The fourth-order valence-corrected chi connectivity index (χ4v) is 5.44. The first-order chi connectivity index (χ1) is 16.8. The molecule has 5 rings (SSSR count). The molecule has 1 fully saturated rings. The Bertz CT molecular complexity index is 1320. The maximum Gasteiger partial charge on any atom is 0.231 e. The van der Waals surface area contributed by atoms with Gasteiger partial charge in [-0.3, -0.25) is 9.69 Å². The minimum atomic E-state index is -3.23. The Morgan fingerprint density at radius 1 is 1.06 bits per heavy atom. The van der Waals surface area contributed by atoms with Gasteiger partial charge in [-0.25, -0.2) is 13.4 Å². The van der Waals surface area contributed by atoms with Crippen molar-refractivity contribution >= 4 is 37.9 Å². The van der Waals surface area contributed by atoms with Gasteiger partial charge in [-0.2, -0.15) is 0 Å². The number of sulfone groups is 1. The van der Waals surface area contributed by atoms with Gasteiger partial charge < -0.3 is 19.7 Å². The van der Waals surface area contributed by atoms with E-state index in [1.807, 2.05) is 22.4 Å². The third kappa shape index (κ3) is 5.75. The molecule has 3 heterocycles. The van der Waals surface area contributed by atoms with Crippen LogP contribution in [0.5, 0.6) is 11.5 Å². The summed E-state index contributed by atoms with van der Waals surface area (Å²) < 4.78 is 34.0. The lowest BCUT2D eigenvalue weighted by molar-refractivity contribution is -0.132. The van der Waals surface area contributed by atoms with Crippen LogP contribution in [0.15, 0.2) is 52.7 Å². The number of anilines is 2. The van der Waals surface area contributed by atoms with Gasteiger partial charge in [0.25, 0.3) is 0 Å². The molecule has 3 aromatic rings. The molecular formula is C24H26N4O5S2. The first-order valence-corrected chi connectivity index (χ1v) is 14.0. The number of nitrogens with zero attached hydrogens (tertiary/aromatic N) is 3. The summed E-state index contributed by atoms with van der Waals surface area (Å²) in [6.45, 7) is 4.08. The predicted molar refractivity (Wildman–Crippen MR) is 133 cm³/mol. The highest BCUT2D eigenvalue weighted by Crippen LogP contribution is 2.33. The molecule has 2 aliphatic heterocycles. The first-order valence-electron chi connectivity index (χ1n) is 11.2. The Kier molecular flexibility index (Phi) is 6.63. The largest absolute Gasteiger partial charge is 0.454 e. The van der Waals surface area contributed by atoms with Crippen LogP contribution in [0.25, 0.3) is 0 Å². The van der Waals surface area contributed by atoms with Crippen molar-refractivity contribution in [2.45, 2.75) is 17.9 Å². The maximum atomic E-state index is 12.8. The molecule has 0 unspecified atom stereocenters. The second kappa shape index (κ2) is 9.84. The highest BCUT2D eigenvalue weighted by Gasteiger charge is 2.23. The quantitative estimate of drug-likeness (QED) is 0.514. The summed E-state index contributed by atoms with van der Waals surface area (Å²) in [7, 11) is -3.23. The van der Waals surface area contributed by atoms with Gasteiger partial charge in [-0.05, 0) is 42.0 Å². The lowest BCUT2D eigenvalue weighted by Gasteiger charge is -2.34. The van der Waals surface area contributed by atoms with Crippen molar-refractivity contribution < 1.29 is 22.7 Å². The molecule has 0 radical (unpaired) electrons. The van der Waals surface area contributed by atoms with Crippen LogP contribution in [0, 0.1) is 0 Å². The fourth-order valence-electron chi connectivity index (χ4n) is 4.07. The van der Waals surface area contributed by atoms with Gasteiger partial charge in [-0.15, -0.1) is 11.3 Å². The molecule has 0 atom stereocenters. The first kappa shape index (κ1) is 23.6. The summed E-state index contributed by atoms with van der Waals surface area (Å²) in [5, 5.41) is 5.70. The Hall–Kier alpha value is -3.15. The lowest BCUT2D eigenvalue weighted by Crippen LogP contribution is -2.48. The van der Waals surface area contributed by atoms with E-state index in [9.17, 15) is 13.2 Å². The van der Waals surface area contributed by atoms with E-state index in [4.69, 9.17) is 9.47 Å². The molecule has 0 aliphatic carbocycles. The van der Waals surface area contributed by atoms with Crippen molar-refractivity contribution in [3.63, 3.8) is 0 Å². The maximum absolute atomic E-state index is 12.8. The topological polar surface area (TPSA) is 101 Å². The van der Waals surface area contributed by atoms with Gasteiger partial charge in [0.15, 0.2) is 26.5 Å². The van der Waals surface area contributed by atoms with Crippen molar-refractivity contribution in [3.8, 4) is 11.5 Å². The average molecular weight is 515 g/mol. The van der Waals surface area contributed by atoms with Crippen LogP contribution >= 0.6 is 11.3 Å². The summed E-state index contributed by atoms with van der Waals surface area (Å²) in [5.74, 6) is 1.65. The second-order valence-electron chi connectivity index (χ2n) is 8.59. The number of carbonyl (C=O) groups is 1. The van der Waals surface area contributed by atoms with E-state index >= 15 is 0 Å². The van der Waals surface area contributed by atoms with Crippen LogP contribution < -0.4 is 14.8 Å². The SMILES string of the molecule is CS(=O)(=O)c1ccc(Nc2nc(CC(=O)N3CCN(Cc4ccc5c(c4)OCO5)CC3)cs2)cc1. The van der Waals surface area contributed by atoms with E-state index in [1.54, 1.807) is 24.3 Å². The molecule has 0 bridgehead atoms. The fraction of sp³-hybridized carbons (Fsp3) is 0.333. The number of aromatic nitrogens is 1. The third-order valence-electron chi connectivity index (χ3n) is 5.99. The Balaban J connectivity index is 1.10. The summed E-state index contributed by atoms with van der Waals surface area (Å²) >= 11 is 1.41. The van der Waals surface area contributed by atoms with Crippen LogP contribution in [-0.2, 0) is 27.6 Å². The standard InChI is InChI=1S/C24H26N4O5S2/c1-35(30,31)20-5-3-18(4-6-20)25-24-26-19(15-34-24)13-23(29)28-10-8-27(9-11-28)14-17-2-7-21-22(12-17)33-16-32-21/h2-7,12,15H,8-11,13-14,16H2,1H3,(H,25,26). The predicted octanol–water partition coefficient (Wildman–Crippen LogP) is 2.91. The highest BCUT2D eigenvalue weighted by molar-refractivity contribution is 7.90. The minimum absolute atomic E-state index is 0.0714. The Labute approximate surface area is 208 Å². The number of piperazine rings is 1. The van der Waals surface area contributed by atoms with Crippen molar-refractivity contribution in [2.24, 2.45) is 0 Å². The molecule has 0 saturated carbocycles. The number of ether oxygens (including phenoxy) is 2. The number of benzene rings is 2. The molecule has 1 aromatic heterocycles. The van der Waals surface area contributed by atoms with Crippen LogP contribution in [0.2, 0.25) is 0 Å². The highest BCUT2D eigenvalue weighted by atomic mass is 32.2. The van der Waals surface area contributed by atoms with E-state index < -0.39 is 9.84 Å². The van der Waals surface area contributed by atoms with Crippen molar-refractivity contribution in [2.75, 3.05) is 44.5 Å². The number of carbonyl (C=O) groups excluding carboxylic acids is 1. The van der Waals surface area contributed by atoms with E-state index in [0.717, 1.165) is 42.5 Å². The van der Waals surface area contributed by atoms with Gasteiger partial charge in [0.1, 0.15) is 0 Å². The smallest absolute Gasteiger partial charge is 0.231 e. The third-order valence-corrected chi connectivity index (χ3v) is 7.92. The molecule has 1 saturated heterocycles. The van der Waals surface area contributed by atoms with Gasteiger partial charge in [-0.1, -0.05) is 6.07 Å². The molecule has 11 heteroatoms. The minimum Gasteiger partial charge on any atom is -0.454 e. The van der Waals surface area contributed by atoms with Crippen LogP contribution in [0.4, 0.5) is 10.8 Å². The van der Waals surface area contributed by atoms with E-state index in [1.165, 1.54) is 23.2 Å². The summed E-state index contributed by atoms with van der Waals surface area (Å²) in [6.07, 6.45) is 1.44. The summed E-state index contributed by atoms with van der Waals surface area (Å²) in [5.41, 5.74) is 2.63. The van der Waals surface area contributed by atoms with E-state index in [0.29, 0.717) is 18.2 Å². The van der Waals surface area contributed by atoms with Gasteiger partial charge in [0, 0.05) is 50.0 Å². The summed E-state index contributed by atoms with van der Waals surface area (Å²) in [4.78, 5) is 21.8. The van der Waals surface area contributed by atoms with E-state index in [-0.39, 0.29) is 24.0 Å². The molecule has 9 nitrogen and oxygen atoms in total. The van der Waals surface area contributed by atoms with Gasteiger partial charge in [0.2, 0.25) is 12.7 Å². The number of hydrogen-bond donors (Lipinski definition) is 1. The Morgan fingerprint density at radius 2 is 1.80 bits per heavy atom. The van der Waals surface area contributed by atoms with Crippen molar-refractivity contribution in [3.05, 3.63) is 59.1 Å². The summed E-state index contributed by atoms with van der Waals surface area (Å²) in [6, 6.07) is 12.5. The van der Waals surface area contributed by atoms with E-state index in [2.05, 4.69) is 21.3 Å². The normalized spacial score (nSPS) is 15.9. The molecule has 2 aromatic carbocycles. The zero-order valence-electron chi connectivity index (χ0n) is 19.3.